The highest BCUT2D eigenvalue weighted by molar-refractivity contribution is 6.30. The van der Waals surface area contributed by atoms with Crippen molar-refractivity contribution in [1.82, 2.24) is 24.5 Å². The van der Waals surface area contributed by atoms with Crippen LogP contribution in [0.1, 0.15) is 35.7 Å². The van der Waals surface area contributed by atoms with E-state index < -0.39 is 23.4 Å². The second-order valence-electron chi connectivity index (χ2n) is 6.62. The zero-order valence-electron chi connectivity index (χ0n) is 15.5. The summed E-state index contributed by atoms with van der Waals surface area (Å²) in [6, 6.07) is 5.60. The van der Waals surface area contributed by atoms with E-state index in [1.54, 1.807) is 4.68 Å². The van der Waals surface area contributed by atoms with Gasteiger partial charge in [0.15, 0.2) is 18.1 Å². The number of halogens is 4. The first kappa shape index (κ1) is 20.8. The van der Waals surface area contributed by atoms with Crippen LogP contribution in [0.5, 0.6) is 0 Å². The van der Waals surface area contributed by atoms with Crippen LogP contribution >= 0.6 is 11.6 Å². The van der Waals surface area contributed by atoms with Gasteiger partial charge in [0.2, 0.25) is 0 Å². The molecule has 0 atom stereocenters. The molecular weight excluding hydrogens is 411 g/mol. The number of esters is 1. The molecule has 3 aromatic rings. The second kappa shape index (κ2) is 8.24. The van der Waals surface area contributed by atoms with Crippen molar-refractivity contribution in [2.24, 2.45) is 5.92 Å². The Morgan fingerprint density at radius 2 is 1.90 bits per heavy atom. The van der Waals surface area contributed by atoms with Crippen molar-refractivity contribution in [2.75, 3.05) is 0 Å². The van der Waals surface area contributed by atoms with E-state index in [-0.39, 0.29) is 18.2 Å². The number of hydrogen-bond donors (Lipinski definition) is 0. The molecule has 11 heteroatoms. The molecule has 0 saturated heterocycles. The number of hydrogen-bond acceptors (Lipinski definition) is 5. The number of carbonyl (C=O) groups is 1. The molecular formula is C18H17ClF3N5O2. The molecule has 1 aromatic carbocycles. The lowest BCUT2D eigenvalue weighted by Gasteiger charge is -2.13. The van der Waals surface area contributed by atoms with Crippen LogP contribution in [0.4, 0.5) is 13.2 Å². The fraction of sp³-hybridized carbons (Fsp3) is 0.333. The average molecular weight is 428 g/mol. The lowest BCUT2D eigenvalue weighted by Crippen LogP contribution is -2.19. The molecule has 154 valence electrons. The zero-order chi connectivity index (χ0) is 21.2. The fourth-order valence-electron chi connectivity index (χ4n) is 2.65. The van der Waals surface area contributed by atoms with Gasteiger partial charge in [-0.05, 0) is 30.2 Å². The van der Waals surface area contributed by atoms with Crippen molar-refractivity contribution in [2.45, 2.75) is 33.2 Å². The minimum absolute atomic E-state index is 0.109. The summed E-state index contributed by atoms with van der Waals surface area (Å²) in [5.41, 5.74) is -1.81. The number of aromatic nitrogens is 5. The monoisotopic (exact) mass is 427 g/mol. The predicted octanol–water partition coefficient (Wildman–Crippen LogP) is 4.15. The standard InChI is InChI=1S/C18H17ClF3N5O2/c1-11(2)8-26-15(23-10-25-26)9-29-17(28)14-7-24-27(16(14)18(20,21)22)13-5-3-12(19)4-6-13/h3-7,10-11H,8-9H2,1-2H3. The predicted molar refractivity (Wildman–Crippen MR) is 97.6 cm³/mol. The van der Waals surface area contributed by atoms with Crippen molar-refractivity contribution in [3.63, 3.8) is 0 Å². The maximum Gasteiger partial charge on any atom is 0.434 e. The Kier molecular flexibility index (Phi) is 5.92. The van der Waals surface area contributed by atoms with Gasteiger partial charge < -0.3 is 4.74 Å². The SMILES string of the molecule is CC(C)Cn1ncnc1COC(=O)c1cnn(-c2ccc(Cl)cc2)c1C(F)(F)F. The molecule has 0 aliphatic rings. The molecule has 0 spiro atoms. The maximum absolute atomic E-state index is 13.7. The molecule has 2 heterocycles. The molecule has 3 rings (SSSR count). The van der Waals surface area contributed by atoms with Gasteiger partial charge in [0.05, 0.1) is 11.9 Å². The molecule has 29 heavy (non-hydrogen) atoms. The van der Waals surface area contributed by atoms with E-state index in [2.05, 4.69) is 15.2 Å². The highest BCUT2D eigenvalue weighted by Crippen LogP contribution is 2.34. The van der Waals surface area contributed by atoms with Gasteiger partial charge in [0.1, 0.15) is 11.9 Å². The quantitative estimate of drug-likeness (QED) is 0.552. The summed E-state index contributed by atoms with van der Waals surface area (Å²) in [6.07, 6.45) is -2.70. The van der Waals surface area contributed by atoms with Crippen LogP contribution < -0.4 is 0 Å². The summed E-state index contributed by atoms with van der Waals surface area (Å²) in [5, 5.41) is 8.11. The van der Waals surface area contributed by atoms with Crippen LogP contribution in [0.15, 0.2) is 36.8 Å². The van der Waals surface area contributed by atoms with Crippen molar-refractivity contribution in [1.29, 1.82) is 0 Å². The summed E-state index contributed by atoms with van der Waals surface area (Å²) in [4.78, 5) is 16.4. The Balaban J connectivity index is 1.86. The van der Waals surface area contributed by atoms with Crippen LogP contribution in [-0.2, 0) is 24.1 Å². The summed E-state index contributed by atoms with van der Waals surface area (Å²) < 4.78 is 48.2. The normalized spacial score (nSPS) is 11.8. The molecule has 0 aliphatic carbocycles. The lowest BCUT2D eigenvalue weighted by atomic mass is 10.2. The summed E-state index contributed by atoms with van der Waals surface area (Å²) >= 11 is 5.78. The highest BCUT2D eigenvalue weighted by Gasteiger charge is 2.41. The van der Waals surface area contributed by atoms with E-state index in [4.69, 9.17) is 16.3 Å². The third-order valence-corrected chi connectivity index (χ3v) is 4.15. The molecule has 0 saturated carbocycles. The Morgan fingerprint density at radius 3 is 2.52 bits per heavy atom. The van der Waals surface area contributed by atoms with Gasteiger partial charge in [-0.2, -0.15) is 23.4 Å². The Labute approximate surface area is 169 Å². The van der Waals surface area contributed by atoms with E-state index in [0.717, 1.165) is 6.20 Å². The Bertz CT molecular complexity index is 996. The second-order valence-corrected chi connectivity index (χ2v) is 7.06. The molecule has 0 aliphatic heterocycles. The van der Waals surface area contributed by atoms with Crippen LogP contribution in [0.3, 0.4) is 0 Å². The maximum atomic E-state index is 13.7. The Hall–Kier alpha value is -2.88. The largest absolute Gasteiger partial charge is 0.454 e. The minimum atomic E-state index is -4.83. The molecule has 2 aromatic heterocycles. The van der Waals surface area contributed by atoms with E-state index in [9.17, 15) is 18.0 Å². The van der Waals surface area contributed by atoms with Gasteiger partial charge in [-0.15, -0.1) is 0 Å². The van der Waals surface area contributed by atoms with Crippen molar-refractivity contribution in [3.05, 3.63) is 58.9 Å². The van der Waals surface area contributed by atoms with Gasteiger partial charge in [0, 0.05) is 11.6 Å². The number of nitrogens with zero attached hydrogens (tertiary/aromatic N) is 5. The third kappa shape index (κ3) is 4.76. The van der Waals surface area contributed by atoms with Crippen LogP contribution in [0.25, 0.3) is 5.69 Å². The third-order valence-electron chi connectivity index (χ3n) is 3.90. The van der Waals surface area contributed by atoms with Gasteiger partial charge in [-0.25, -0.2) is 19.1 Å². The molecule has 0 radical (unpaired) electrons. The zero-order valence-corrected chi connectivity index (χ0v) is 16.3. The molecule has 0 N–H and O–H groups in total. The van der Waals surface area contributed by atoms with Crippen LogP contribution in [-0.4, -0.2) is 30.5 Å². The number of carbonyl (C=O) groups excluding carboxylic acids is 1. The number of rotatable bonds is 6. The van der Waals surface area contributed by atoms with E-state index in [0.29, 0.717) is 22.1 Å². The molecule has 0 fully saturated rings. The lowest BCUT2D eigenvalue weighted by molar-refractivity contribution is -0.143. The Morgan fingerprint density at radius 1 is 1.21 bits per heavy atom. The minimum Gasteiger partial charge on any atom is -0.454 e. The van der Waals surface area contributed by atoms with Gasteiger partial charge in [-0.3, -0.25) is 0 Å². The smallest absolute Gasteiger partial charge is 0.434 e. The van der Waals surface area contributed by atoms with Crippen LogP contribution in [0, 0.1) is 5.92 Å². The van der Waals surface area contributed by atoms with Crippen LogP contribution in [0.2, 0.25) is 5.02 Å². The molecule has 0 amide bonds. The highest BCUT2D eigenvalue weighted by atomic mass is 35.5. The first-order valence-corrected chi connectivity index (χ1v) is 8.99. The van der Waals surface area contributed by atoms with Crippen molar-refractivity contribution >= 4 is 17.6 Å². The molecule has 0 unspecified atom stereocenters. The topological polar surface area (TPSA) is 74.8 Å². The fourth-order valence-corrected chi connectivity index (χ4v) is 2.78. The molecule has 7 nitrogen and oxygen atoms in total. The van der Waals surface area contributed by atoms with Gasteiger partial charge in [0.25, 0.3) is 0 Å². The summed E-state index contributed by atoms with van der Waals surface area (Å²) in [7, 11) is 0. The number of alkyl halides is 3. The average Bonchev–Trinajstić information content (AvgIpc) is 3.26. The summed E-state index contributed by atoms with van der Waals surface area (Å²) in [6.45, 7) is 4.17. The summed E-state index contributed by atoms with van der Waals surface area (Å²) in [5.74, 6) is -0.553. The first-order chi connectivity index (χ1) is 13.7. The first-order valence-electron chi connectivity index (χ1n) is 8.61. The van der Waals surface area contributed by atoms with Crippen molar-refractivity contribution < 1.29 is 22.7 Å². The van der Waals surface area contributed by atoms with Crippen molar-refractivity contribution in [3.8, 4) is 5.69 Å². The number of ether oxygens (including phenoxy) is 1. The number of benzene rings is 1. The van der Waals surface area contributed by atoms with E-state index in [1.807, 2.05) is 13.8 Å². The van der Waals surface area contributed by atoms with E-state index in [1.165, 1.54) is 30.6 Å². The van der Waals surface area contributed by atoms with Gasteiger partial charge in [-0.1, -0.05) is 25.4 Å². The van der Waals surface area contributed by atoms with Gasteiger partial charge >= 0.3 is 12.1 Å². The molecule has 0 bridgehead atoms. The van der Waals surface area contributed by atoms with E-state index >= 15 is 0 Å².